The summed E-state index contributed by atoms with van der Waals surface area (Å²) in [4.78, 5) is 0. The summed E-state index contributed by atoms with van der Waals surface area (Å²) < 4.78 is 27.5. The zero-order chi connectivity index (χ0) is 26.5. The van der Waals surface area contributed by atoms with Gasteiger partial charge in [0.15, 0.2) is 0 Å². The fraction of sp³-hybridized carbons (Fsp3) is 0.938. The van der Waals surface area contributed by atoms with Crippen molar-refractivity contribution in [2.45, 2.75) is 171 Å². The molecule has 214 valence electrons. The molecule has 1 aliphatic heterocycles. The van der Waals surface area contributed by atoms with Crippen molar-refractivity contribution >= 4 is 36.8 Å². The van der Waals surface area contributed by atoms with E-state index in [0.29, 0.717) is 0 Å². The minimum atomic E-state index is -2.55. The molecule has 0 N–H and O–H groups in total. The molecule has 0 saturated carbocycles. The molecular weight excluding hydrogens is 654 g/mol. The molecule has 1 heterocycles. The van der Waals surface area contributed by atoms with Crippen LogP contribution < -0.4 is 0 Å². The standard InChI is InChI=1S/C8H12O2.6C4H9.2Sn/c1-2-6-9-8-5-3-4-7-10-8;6*1-3-4-2;;/h1,8H,3-7H2;6*1,3-4H2,2H3;;. The number of rotatable bonds is 23. The van der Waals surface area contributed by atoms with Crippen molar-refractivity contribution in [3.05, 3.63) is 7.68 Å². The maximum atomic E-state index is 6.75. The molecule has 1 rings (SSSR count). The zero-order valence-corrected chi connectivity index (χ0v) is 31.4. The maximum absolute atomic E-state index is 6.75. The molecule has 1 atom stereocenters. The number of unbranched alkanes of at least 4 members (excludes halogenated alkanes) is 6. The third-order valence-electron chi connectivity index (χ3n) is 8.84. The van der Waals surface area contributed by atoms with E-state index in [1.807, 2.05) is 3.59 Å². The van der Waals surface area contributed by atoms with E-state index in [9.17, 15) is 0 Å². The summed E-state index contributed by atoms with van der Waals surface area (Å²) in [5, 5.41) is 0. The van der Waals surface area contributed by atoms with Crippen molar-refractivity contribution in [2.24, 2.45) is 0 Å². The van der Waals surface area contributed by atoms with Crippen LogP contribution in [0.3, 0.4) is 0 Å². The Bertz CT molecular complexity index is 499. The summed E-state index contributed by atoms with van der Waals surface area (Å²) in [5.74, 6) is 0. The summed E-state index contributed by atoms with van der Waals surface area (Å²) in [7, 11) is 0. The molecule has 1 aliphatic rings. The summed E-state index contributed by atoms with van der Waals surface area (Å²) in [6.07, 6.45) is 20.5. The van der Waals surface area contributed by atoms with E-state index in [2.05, 4.69) is 45.6 Å². The van der Waals surface area contributed by atoms with Gasteiger partial charge in [0.05, 0.1) is 0 Å². The van der Waals surface area contributed by atoms with Crippen molar-refractivity contribution in [3.63, 3.8) is 0 Å². The van der Waals surface area contributed by atoms with Gasteiger partial charge >= 0.3 is 238 Å². The van der Waals surface area contributed by atoms with Crippen LogP contribution in [0.2, 0.25) is 26.6 Å². The zero-order valence-electron chi connectivity index (χ0n) is 25.7. The van der Waals surface area contributed by atoms with Crippen LogP contribution in [0.5, 0.6) is 0 Å². The first-order chi connectivity index (χ1) is 17.5. The van der Waals surface area contributed by atoms with Gasteiger partial charge in [-0.05, 0) is 0 Å². The van der Waals surface area contributed by atoms with Crippen LogP contribution >= 0.6 is 0 Å². The number of hydrogen-bond acceptors (Lipinski definition) is 2. The molecule has 0 aliphatic carbocycles. The quantitative estimate of drug-likeness (QED) is 0.0979. The van der Waals surface area contributed by atoms with Crippen LogP contribution in [0.15, 0.2) is 7.68 Å². The van der Waals surface area contributed by atoms with Gasteiger partial charge in [-0.3, -0.25) is 0 Å². The fourth-order valence-corrected chi connectivity index (χ4v) is 48.5. The Balaban J connectivity index is 3.55. The number of ether oxygens (including phenoxy) is 2. The molecule has 4 heteroatoms. The van der Waals surface area contributed by atoms with Gasteiger partial charge in [-0.2, -0.15) is 0 Å². The van der Waals surface area contributed by atoms with Crippen LogP contribution in [0.4, 0.5) is 0 Å². The van der Waals surface area contributed by atoms with Gasteiger partial charge in [-0.15, -0.1) is 0 Å². The molecule has 1 saturated heterocycles. The minimum absolute atomic E-state index is 0.0567. The second-order valence-electron chi connectivity index (χ2n) is 12.0. The van der Waals surface area contributed by atoms with Crippen LogP contribution in [0, 0.1) is 0 Å². The van der Waals surface area contributed by atoms with Gasteiger partial charge in [0, 0.05) is 0 Å². The Kier molecular flexibility index (Phi) is 21.6. The van der Waals surface area contributed by atoms with Crippen molar-refractivity contribution in [1.82, 2.24) is 0 Å². The summed E-state index contributed by atoms with van der Waals surface area (Å²) >= 11 is -4.96. The first kappa shape index (κ1) is 35.3. The average molecular weight is 720 g/mol. The van der Waals surface area contributed by atoms with E-state index in [1.54, 1.807) is 26.6 Å². The second-order valence-corrected chi connectivity index (χ2v) is 38.3. The summed E-state index contributed by atoms with van der Waals surface area (Å²) in [5.41, 5.74) is 0. The first-order valence-corrected chi connectivity index (χ1v) is 31.7. The Hall–Kier alpha value is 1.26. The molecule has 0 aromatic carbocycles. The third-order valence-corrected chi connectivity index (χ3v) is 41.4. The van der Waals surface area contributed by atoms with Gasteiger partial charge in [0.2, 0.25) is 0 Å². The van der Waals surface area contributed by atoms with Crippen LogP contribution in [0.1, 0.15) is 138 Å². The van der Waals surface area contributed by atoms with Crippen molar-refractivity contribution in [1.29, 1.82) is 0 Å². The van der Waals surface area contributed by atoms with Gasteiger partial charge < -0.3 is 0 Å². The molecule has 36 heavy (non-hydrogen) atoms. The summed E-state index contributed by atoms with van der Waals surface area (Å²) in [6, 6.07) is 0. The monoisotopic (exact) mass is 722 g/mol. The van der Waals surface area contributed by atoms with Crippen molar-refractivity contribution in [3.8, 4) is 0 Å². The van der Waals surface area contributed by atoms with Crippen LogP contribution in [0.25, 0.3) is 0 Å². The number of hydrogen-bond donors (Lipinski definition) is 0. The SMILES string of the molecule is CCC[CH2][Sn](/[CH]=[C](/COC1CCCCO1)[Sn]([CH2]CCC)([CH2]CCC)[CH2]CCC)([CH2]CCC)[CH2]CCC. The van der Waals surface area contributed by atoms with E-state index in [-0.39, 0.29) is 6.29 Å². The molecule has 0 bridgehead atoms. The first-order valence-electron chi connectivity index (χ1n) is 16.5. The topological polar surface area (TPSA) is 18.5 Å². The van der Waals surface area contributed by atoms with Gasteiger partial charge in [0.25, 0.3) is 0 Å². The predicted molar refractivity (Wildman–Crippen MR) is 167 cm³/mol. The third kappa shape index (κ3) is 13.6. The Morgan fingerprint density at radius 2 is 1.11 bits per heavy atom. The Morgan fingerprint density at radius 3 is 1.50 bits per heavy atom. The fourth-order valence-electron chi connectivity index (χ4n) is 6.32. The molecule has 1 unspecified atom stereocenters. The van der Waals surface area contributed by atoms with E-state index >= 15 is 0 Å². The van der Waals surface area contributed by atoms with Crippen LogP contribution in [-0.4, -0.2) is 56.3 Å². The van der Waals surface area contributed by atoms with E-state index in [4.69, 9.17) is 9.47 Å². The normalized spacial score (nSPS) is 17.6. The molecule has 0 aromatic rings. The average Bonchev–Trinajstić information content (AvgIpc) is 2.92. The second kappa shape index (κ2) is 22.0. The van der Waals surface area contributed by atoms with Gasteiger partial charge in [0.1, 0.15) is 0 Å². The van der Waals surface area contributed by atoms with Gasteiger partial charge in [-0.25, -0.2) is 0 Å². The molecule has 0 spiro atoms. The predicted octanol–water partition coefficient (Wildman–Crippen LogP) is 11.2. The Labute approximate surface area is 236 Å². The summed E-state index contributed by atoms with van der Waals surface area (Å²) in [6.45, 7) is 16.3. The van der Waals surface area contributed by atoms with Crippen molar-refractivity contribution in [2.75, 3.05) is 13.2 Å². The molecule has 0 amide bonds. The van der Waals surface area contributed by atoms with Crippen LogP contribution in [-0.2, 0) is 9.47 Å². The van der Waals surface area contributed by atoms with E-state index in [0.717, 1.165) is 19.6 Å². The van der Waals surface area contributed by atoms with Crippen molar-refractivity contribution < 1.29 is 9.47 Å². The molecule has 0 aromatic heterocycles. The molecule has 1 fully saturated rings. The molecular formula is C32H66O2Sn2. The van der Waals surface area contributed by atoms with E-state index < -0.39 is 36.8 Å². The Morgan fingerprint density at radius 1 is 0.667 bits per heavy atom. The van der Waals surface area contributed by atoms with E-state index in [1.165, 1.54) is 89.9 Å². The molecule has 2 nitrogen and oxygen atoms in total. The molecule has 0 radical (unpaired) electrons. The van der Waals surface area contributed by atoms with Gasteiger partial charge in [-0.1, -0.05) is 0 Å².